The van der Waals surface area contributed by atoms with Crippen LogP contribution in [0.5, 0.6) is 5.75 Å². The number of piperazine rings is 1. The molecule has 0 unspecified atom stereocenters. The van der Waals surface area contributed by atoms with Crippen LogP contribution in [0.2, 0.25) is 0 Å². The highest BCUT2D eigenvalue weighted by atomic mass is 35.5. The number of nitrogens with zero attached hydrogens (tertiary/aromatic N) is 2. The molecule has 152 valence electrons. The second-order valence-electron chi connectivity index (χ2n) is 7.38. The van der Waals surface area contributed by atoms with Crippen LogP contribution in [0.1, 0.15) is 22.7 Å². The molecule has 1 saturated heterocycles. The van der Waals surface area contributed by atoms with Crippen molar-refractivity contribution < 1.29 is 4.74 Å². The van der Waals surface area contributed by atoms with E-state index < -0.39 is 0 Å². The molecule has 29 heavy (non-hydrogen) atoms. The fourth-order valence-electron chi connectivity index (χ4n) is 4.05. The molecule has 0 atom stereocenters. The molecule has 0 aromatic heterocycles. The molecule has 3 nitrogen and oxygen atoms in total. The van der Waals surface area contributed by atoms with Crippen molar-refractivity contribution in [2.45, 2.75) is 12.6 Å². The summed E-state index contributed by atoms with van der Waals surface area (Å²) < 4.78 is 5.26. The van der Waals surface area contributed by atoms with Gasteiger partial charge in [-0.1, -0.05) is 72.8 Å². The fourth-order valence-corrected chi connectivity index (χ4v) is 4.05. The molecule has 1 heterocycles. The first-order chi connectivity index (χ1) is 13.8. The summed E-state index contributed by atoms with van der Waals surface area (Å²) in [5.74, 6) is 0.919. The molecule has 0 N–H and O–H groups in total. The summed E-state index contributed by atoms with van der Waals surface area (Å²) in [5.41, 5.74) is 4.09. The molecule has 3 aromatic carbocycles. The summed E-state index contributed by atoms with van der Waals surface area (Å²) in [7, 11) is 1.71. The van der Waals surface area contributed by atoms with Gasteiger partial charge in [0.05, 0.1) is 13.2 Å². The molecule has 0 amide bonds. The molecule has 4 rings (SSSR count). The van der Waals surface area contributed by atoms with E-state index in [-0.39, 0.29) is 12.4 Å². The van der Waals surface area contributed by atoms with Gasteiger partial charge in [0.2, 0.25) is 0 Å². The first-order valence-electron chi connectivity index (χ1n) is 10.0. The van der Waals surface area contributed by atoms with Crippen LogP contribution in [-0.2, 0) is 6.54 Å². The Morgan fingerprint density at radius 3 is 1.72 bits per heavy atom. The van der Waals surface area contributed by atoms with Crippen LogP contribution in [0, 0.1) is 0 Å². The maximum absolute atomic E-state index is 5.26. The highest BCUT2D eigenvalue weighted by Crippen LogP contribution is 2.29. The van der Waals surface area contributed by atoms with Gasteiger partial charge in [-0.3, -0.25) is 9.80 Å². The van der Waals surface area contributed by atoms with Gasteiger partial charge in [0.15, 0.2) is 0 Å². The average Bonchev–Trinajstić information content (AvgIpc) is 2.77. The molecule has 0 radical (unpaired) electrons. The van der Waals surface area contributed by atoms with E-state index in [1.54, 1.807) is 7.11 Å². The highest BCUT2D eigenvalue weighted by Gasteiger charge is 2.26. The normalized spacial score (nSPS) is 15.1. The summed E-state index contributed by atoms with van der Waals surface area (Å²) in [4.78, 5) is 5.17. The molecule has 1 fully saturated rings. The maximum Gasteiger partial charge on any atom is 0.118 e. The molecule has 1 aliphatic rings. The molecule has 0 aliphatic carbocycles. The molecular formula is C25H29ClN2O. The van der Waals surface area contributed by atoms with Gasteiger partial charge in [0.1, 0.15) is 5.75 Å². The van der Waals surface area contributed by atoms with Crippen LogP contribution in [0.25, 0.3) is 0 Å². The van der Waals surface area contributed by atoms with Crippen molar-refractivity contribution >= 4 is 12.4 Å². The zero-order chi connectivity index (χ0) is 19.2. The van der Waals surface area contributed by atoms with Gasteiger partial charge in [0, 0.05) is 32.7 Å². The number of benzene rings is 3. The zero-order valence-electron chi connectivity index (χ0n) is 16.9. The first kappa shape index (κ1) is 21.4. The number of ether oxygens (including phenoxy) is 1. The van der Waals surface area contributed by atoms with Crippen LogP contribution in [-0.4, -0.2) is 43.1 Å². The third kappa shape index (κ3) is 5.39. The predicted molar refractivity (Wildman–Crippen MR) is 122 cm³/mol. The third-order valence-corrected chi connectivity index (χ3v) is 5.57. The average molecular weight is 409 g/mol. The quantitative estimate of drug-likeness (QED) is 0.569. The van der Waals surface area contributed by atoms with E-state index in [1.807, 2.05) is 12.1 Å². The number of hydrogen-bond acceptors (Lipinski definition) is 3. The van der Waals surface area contributed by atoms with Crippen LogP contribution >= 0.6 is 12.4 Å². The second-order valence-corrected chi connectivity index (χ2v) is 7.38. The molecule has 0 bridgehead atoms. The topological polar surface area (TPSA) is 15.7 Å². The largest absolute Gasteiger partial charge is 0.497 e. The molecule has 3 aromatic rings. The first-order valence-corrected chi connectivity index (χ1v) is 10.0. The number of methoxy groups -OCH3 is 1. The van der Waals surface area contributed by atoms with Crippen LogP contribution < -0.4 is 4.74 Å². The molecule has 1 aliphatic heterocycles. The van der Waals surface area contributed by atoms with Crippen molar-refractivity contribution in [1.82, 2.24) is 9.80 Å². The Morgan fingerprint density at radius 2 is 1.24 bits per heavy atom. The van der Waals surface area contributed by atoms with E-state index in [1.165, 1.54) is 16.7 Å². The van der Waals surface area contributed by atoms with Gasteiger partial charge in [-0.15, -0.1) is 12.4 Å². The van der Waals surface area contributed by atoms with E-state index >= 15 is 0 Å². The zero-order valence-corrected chi connectivity index (χ0v) is 17.7. The van der Waals surface area contributed by atoms with E-state index in [9.17, 15) is 0 Å². The molecule has 0 saturated carbocycles. The summed E-state index contributed by atoms with van der Waals surface area (Å²) in [5, 5.41) is 0. The number of hydrogen-bond donors (Lipinski definition) is 0. The van der Waals surface area contributed by atoms with Crippen molar-refractivity contribution in [3.05, 3.63) is 102 Å². The van der Waals surface area contributed by atoms with Crippen LogP contribution in [0.3, 0.4) is 0 Å². The minimum Gasteiger partial charge on any atom is -0.497 e. The van der Waals surface area contributed by atoms with Gasteiger partial charge in [-0.25, -0.2) is 0 Å². The van der Waals surface area contributed by atoms with E-state index in [2.05, 4.69) is 82.6 Å². The standard InChI is InChI=1S/C25H28N2O.ClH/c1-28-24-14-12-21(13-15-24)20-26-16-18-27(19-17-26)25(22-8-4-2-5-9-22)23-10-6-3-7-11-23;/h2-15,25H,16-20H2,1H3;1H. The van der Waals surface area contributed by atoms with Gasteiger partial charge in [0.25, 0.3) is 0 Å². The molecular weight excluding hydrogens is 380 g/mol. The Labute approximate surface area is 180 Å². The monoisotopic (exact) mass is 408 g/mol. The van der Waals surface area contributed by atoms with Crippen molar-refractivity contribution in [1.29, 1.82) is 0 Å². The summed E-state index contributed by atoms with van der Waals surface area (Å²) in [6.45, 7) is 5.32. The SMILES string of the molecule is COc1ccc(CN2CCN(C(c3ccccc3)c3ccccc3)CC2)cc1.Cl. The Hall–Kier alpha value is -2.33. The van der Waals surface area contributed by atoms with Crippen molar-refractivity contribution in [2.75, 3.05) is 33.3 Å². The lowest BCUT2D eigenvalue weighted by atomic mass is 9.96. The summed E-state index contributed by atoms with van der Waals surface area (Å²) in [6, 6.07) is 30.5. The van der Waals surface area contributed by atoms with Crippen molar-refractivity contribution in [3.63, 3.8) is 0 Å². The Bertz CT molecular complexity index is 808. The Balaban J connectivity index is 0.00000240. The predicted octanol–water partition coefficient (Wildman–Crippen LogP) is 5.02. The number of halogens is 1. The van der Waals surface area contributed by atoms with Gasteiger partial charge in [-0.2, -0.15) is 0 Å². The lowest BCUT2D eigenvalue weighted by molar-refractivity contribution is 0.105. The second kappa shape index (κ2) is 10.4. The van der Waals surface area contributed by atoms with Crippen molar-refractivity contribution in [2.24, 2.45) is 0 Å². The minimum atomic E-state index is 0. The minimum absolute atomic E-state index is 0. The summed E-state index contributed by atoms with van der Waals surface area (Å²) >= 11 is 0. The van der Waals surface area contributed by atoms with E-state index in [0.717, 1.165) is 38.5 Å². The summed E-state index contributed by atoms with van der Waals surface area (Å²) in [6.07, 6.45) is 0. The Kier molecular flexibility index (Phi) is 7.70. The van der Waals surface area contributed by atoms with Crippen LogP contribution in [0.4, 0.5) is 0 Å². The maximum atomic E-state index is 5.26. The van der Waals surface area contributed by atoms with Gasteiger partial charge < -0.3 is 4.74 Å². The van der Waals surface area contributed by atoms with E-state index in [0.29, 0.717) is 6.04 Å². The molecule has 4 heteroatoms. The van der Waals surface area contributed by atoms with Crippen molar-refractivity contribution in [3.8, 4) is 5.75 Å². The number of rotatable bonds is 6. The highest BCUT2D eigenvalue weighted by molar-refractivity contribution is 5.85. The van der Waals surface area contributed by atoms with Crippen LogP contribution in [0.15, 0.2) is 84.9 Å². The Morgan fingerprint density at radius 1 is 0.724 bits per heavy atom. The van der Waals surface area contributed by atoms with E-state index in [4.69, 9.17) is 4.74 Å². The fraction of sp³-hybridized carbons (Fsp3) is 0.280. The van der Waals surface area contributed by atoms with Gasteiger partial charge in [-0.05, 0) is 28.8 Å². The lowest BCUT2D eigenvalue weighted by Crippen LogP contribution is -2.47. The van der Waals surface area contributed by atoms with Gasteiger partial charge >= 0.3 is 0 Å². The molecule has 0 spiro atoms. The smallest absolute Gasteiger partial charge is 0.118 e. The lowest BCUT2D eigenvalue weighted by Gasteiger charge is -2.39. The third-order valence-electron chi connectivity index (χ3n) is 5.57.